The molecule has 0 radical (unpaired) electrons. The summed E-state index contributed by atoms with van der Waals surface area (Å²) in [4.78, 5) is 30.8. The Hall–Kier alpha value is -3.09. The van der Waals surface area contributed by atoms with Gasteiger partial charge in [0.25, 0.3) is 5.91 Å². The van der Waals surface area contributed by atoms with Crippen LogP contribution in [0.4, 0.5) is 0 Å². The Labute approximate surface area is 155 Å². The second-order valence-electron chi connectivity index (χ2n) is 7.21. The van der Waals surface area contributed by atoms with Gasteiger partial charge in [-0.2, -0.15) is 0 Å². The van der Waals surface area contributed by atoms with Crippen LogP contribution in [0.1, 0.15) is 34.3 Å². The number of aromatic nitrogens is 1. The molecule has 7 nitrogen and oxygen atoms in total. The van der Waals surface area contributed by atoms with Gasteiger partial charge in [0.1, 0.15) is 17.1 Å². The molecule has 138 valence electrons. The van der Waals surface area contributed by atoms with Crippen LogP contribution in [0.5, 0.6) is 0 Å². The number of nitrogens with one attached hydrogen (secondary N) is 1. The number of hydrogen-bond acceptors (Lipinski definition) is 5. The standard InChI is InChI=1S/C20H19N3O4/c1-21-20(25)18-19(26-10-22-18)17-12-7-14(17)23(9-12)16(24)8-13-6-11-4-2-3-5-15(11)27-13/h2-6,10,12,14,17H,7-9H2,1H3,(H,21,25). The number of hydrogen-bond donors (Lipinski definition) is 1. The molecule has 2 aromatic heterocycles. The first-order chi connectivity index (χ1) is 13.2. The maximum absolute atomic E-state index is 12.9. The monoisotopic (exact) mass is 365 g/mol. The molecule has 3 aliphatic rings. The number of oxazole rings is 1. The number of amides is 2. The molecular weight excluding hydrogens is 346 g/mol. The van der Waals surface area contributed by atoms with Gasteiger partial charge in [0.05, 0.1) is 6.42 Å². The summed E-state index contributed by atoms with van der Waals surface area (Å²) in [5.74, 6) is 1.41. The van der Waals surface area contributed by atoms with Gasteiger partial charge < -0.3 is 19.1 Å². The van der Waals surface area contributed by atoms with E-state index in [4.69, 9.17) is 8.83 Å². The summed E-state index contributed by atoms with van der Waals surface area (Å²) in [7, 11) is 1.57. The predicted molar refractivity (Wildman–Crippen MR) is 96.2 cm³/mol. The Morgan fingerprint density at radius 3 is 3.00 bits per heavy atom. The zero-order chi connectivity index (χ0) is 18.5. The number of furan rings is 1. The van der Waals surface area contributed by atoms with Gasteiger partial charge in [-0.15, -0.1) is 0 Å². The Kier molecular flexibility index (Phi) is 3.56. The quantitative estimate of drug-likeness (QED) is 0.767. The van der Waals surface area contributed by atoms with E-state index in [1.165, 1.54) is 6.39 Å². The van der Waals surface area contributed by atoms with Crippen molar-refractivity contribution in [3.05, 3.63) is 53.9 Å². The molecule has 4 heterocycles. The topological polar surface area (TPSA) is 88.6 Å². The third-order valence-electron chi connectivity index (χ3n) is 5.76. The molecule has 3 aromatic rings. The van der Waals surface area contributed by atoms with Gasteiger partial charge in [-0.1, -0.05) is 18.2 Å². The molecule has 1 aromatic carbocycles. The van der Waals surface area contributed by atoms with Gasteiger partial charge in [0.15, 0.2) is 12.1 Å². The molecule has 2 saturated heterocycles. The normalized spacial score (nSPS) is 23.4. The van der Waals surface area contributed by atoms with E-state index in [9.17, 15) is 9.59 Å². The van der Waals surface area contributed by atoms with Crippen LogP contribution in [-0.2, 0) is 11.2 Å². The second-order valence-corrected chi connectivity index (χ2v) is 7.21. The van der Waals surface area contributed by atoms with E-state index >= 15 is 0 Å². The number of benzene rings is 1. The SMILES string of the molecule is CNC(=O)c1ncoc1C1C2CC1N(C(=O)Cc1cc3ccccc3o1)C2. The number of carbonyl (C=O) groups is 2. The van der Waals surface area contributed by atoms with E-state index in [2.05, 4.69) is 10.3 Å². The van der Waals surface area contributed by atoms with Crippen molar-refractivity contribution in [1.82, 2.24) is 15.2 Å². The molecular formula is C20H19N3O4. The molecule has 1 aliphatic carbocycles. The van der Waals surface area contributed by atoms with Crippen molar-refractivity contribution in [2.75, 3.05) is 13.6 Å². The predicted octanol–water partition coefficient (Wildman–Crippen LogP) is 2.34. The van der Waals surface area contributed by atoms with E-state index in [1.54, 1.807) is 7.05 Å². The fourth-order valence-corrected chi connectivity index (χ4v) is 4.45. The van der Waals surface area contributed by atoms with E-state index in [0.717, 1.165) is 17.4 Å². The number of nitrogens with zero attached hydrogens (tertiary/aromatic N) is 2. The maximum Gasteiger partial charge on any atom is 0.273 e. The van der Waals surface area contributed by atoms with Crippen LogP contribution in [0.25, 0.3) is 11.0 Å². The maximum atomic E-state index is 12.9. The highest BCUT2D eigenvalue weighted by Gasteiger charge is 2.56. The average Bonchev–Trinajstić information content (AvgIpc) is 3.42. The summed E-state index contributed by atoms with van der Waals surface area (Å²) >= 11 is 0. The molecule has 2 aliphatic heterocycles. The highest BCUT2D eigenvalue weighted by atomic mass is 16.3. The lowest BCUT2D eigenvalue weighted by atomic mass is 9.72. The van der Waals surface area contributed by atoms with Crippen molar-refractivity contribution in [3.8, 4) is 0 Å². The summed E-state index contributed by atoms with van der Waals surface area (Å²) in [5.41, 5.74) is 1.12. The van der Waals surface area contributed by atoms with Crippen LogP contribution in [0.2, 0.25) is 0 Å². The lowest BCUT2D eigenvalue weighted by Gasteiger charge is -2.35. The van der Waals surface area contributed by atoms with Crippen molar-refractivity contribution >= 4 is 22.8 Å². The number of rotatable bonds is 4. The van der Waals surface area contributed by atoms with E-state index < -0.39 is 0 Å². The fraction of sp³-hybridized carbons (Fsp3) is 0.350. The molecule has 2 bridgehead atoms. The lowest BCUT2D eigenvalue weighted by Crippen LogP contribution is -2.41. The number of fused-ring (bicyclic) bond motifs is 2. The third-order valence-corrected chi connectivity index (χ3v) is 5.76. The van der Waals surface area contributed by atoms with Crippen LogP contribution in [0.3, 0.4) is 0 Å². The molecule has 7 heteroatoms. The summed E-state index contributed by atoms with van der Waals surface area (Å²) < 4.78 is 11.3. The first kappa shape index (κ1) is 16.1. The zero-order valence-electron chi connectivity index (χ0n) is 14.8. The molecule has 2 amide bonds. The van der Waals surface area contributed by atoms with Gasteiger partial charge in [-0.25, -0.2) is 4.98 Å². The molecule has 3 fully saturated rings. The lowest BCUT2D eigenvalue weighted by molar-refractivity contribution is -0.131. The van der Waals surface area contributed by atoms with Gasteiger partial charge in [0.2, 0.25) is 5.91 Å². The zero-order valence-corrected chi connectivity index (χ0v) is 14.8. The minimum atomic E-state index is -0.259. The number of carbonyl (C=O) groups excluding carboxylic acids is 2. The van der Waals surface area contributed by atoms with E-state index in [0.29, 0.717) is 29.7 Å². The van der Waals surface area contributed by atoms with Crippen molar-refractivity contribution in [3.63, 3.8) is 0 Å². The van der Waals surface area contributed by atoms with Crippen LogP contribution >= 0.6 is 0 Å². The van der Waals surface area contributed by atoms with Crippen LogP contribution in [0, 0.1) is 5.92 Å². The molecule has 1 saturated carbocycles. The van der Waals surface area contributed by atoms with Crippen LogP contribution in [0.15, 0.2) is 45.6 Å². The third kappa shape index (κ3) is 2.45. The van der Waals surface area contributed by atoms with Crippen molar-refractivity contribution in [1.29, 1.82) is 0 Å². The van der Waals surface area contributed by atoms with Crippen LogP contribution in [-0.4, -0.2) is 41.3 Å². The highest BCUT2D eigenvalue weighted by Crippen LogP contribution is 2.53. The first-order valence-electron chi connectivity index (χ1n) is 9.08. The van der Waals surface area contributed by atoms with Crippen LogP contribution < -0.4 is 5.32 Å². The summed E-state index contributed by atoms with van der Waals surface area (Å²) in [6.45, 7) is 0.683. The highest BCUT2D eigenvalue weighted by molar-refractivity contribution is 5.93. The smallest absolute Gasteiger partial charge is 0.273 e. The Bertz CT molecular complexity index is 1000. The molecule has 27 heavy (non-hydrogen) atoms. The molecule has 1 N–H and O–H groups in total. The molecule has 3 atom stereocenters. The molecule has 3 unspecified atom stereocenters. The van der Waals surface area contributed by atoms with E-state index in [1.807, 2.05) is 35.2 Å². The summed E-state index contributed by atoms with van der Waals surface area (Å²) in [5, 5.41) is 3.59. The van der Waals surface area contributed by atoms with Gasteiger partial charge in [-0.05, 0) is 24.5 Å². The minimum absolute atomic E-state index is 0.0411. The van der Waals surface area contributed by atoms with E-state index in [-0.39, 0.29) is 30.2 Å². The van der Waals surface area contributed by atoms with Crippen molar-refractivity contribution in [2.45, 2.75) is 24.8 Å². The second kappa shape index (κ2) is 5.97. The van der Waals surface area contributed by atoms with Gasteiger partial charge in [0, 0.05) is 30.9 Å². The van der Waals surface area contributed by atoms with Crippen molar-refractivity contribution in [2.24, 2.45) is 5.92 Å². The fourth-order valence-electron chi connectivity index (χ4n) is 4.45. The number of para-hydroxylation sites is 1. The first-order valence-corrected chi connectivity index (χ1v) is 9.08. The van der Waals surface area contributed by atoms with Gasteiger partial charge in [-0.3, -0.25) is 9.59 Å². The Morgan fingerprint density at radius 1 is 1.33 bits per heavy atom. The Balaban J connectivity index is 1.33. The summed E-state index contributed by atoms with van der Waals surface area (Å²) in [6.07, 6.45) is 2.48. The minimum Gasteiger partial charge on any atom is -0.461 e. The molecule has 6 rings (SSSR count). The summed E-state index contributed by atoms with van der Waals surface area (Å²) in [6, 6.07) is 9.72. The van der Waals surface area contributed by atoms with Crippen molar-refractivity contribution < 1.29 is 18.4 Å². The van der Waals surface area contributed by atoms with Gasteiger partial charge >= 0.3 is 0 Å². The molecule has 0 spiro atoms. The average molecular weight is 365 g/mol. The Morgan fingerprint density at radius 2 is 2.19 bits per heavy atom. The largest absolute Gasteiger partial charge is 0.461 e.